The molecule has 0 saturated heterocycles. The van der Waals surface area contributed by atoms with E-state index in [0.29, 0.717) is 23.3 Å². The Balaban J connectivity index is 1.69. The molecule has 0 amide bonds. The van der Waals surface area contributed by atoms with Gasteiger partial charge in [0, 0.05) is 16.1 Å². The molecule has 2 aromatic carbocycles. The van der Waals surface area contributed by atoms with Crippen LogP contribution in [-0.4, -0.2) is 19.6 Å². The van der Waals surface area contributed by atoms with Crippen molar-refractivity contribution in [3.63, 3.8) is 0 Å². The van der Waals surface area contributed by atoms with Crippen molar-refractivity contribution < 1.29 is 4.74 Å². The van der Waals surface area contributed by atoms with E-state index < -0.39 is 0 Å². The molecule has 0 bridgehead atoms. The molecular weight excluding hydrogens is 345 g/mol. The zero-order valence-corrected chi connectivity index (χ0v) is 14.9. The van der Waals surface area contributed by atoms with E-state index >= 15 is 0 Å². The van der Waals surface area contributed by atoms with Gasteiger partial charge in [0.2, 0.25) is 0 Å². The van der Waals surface area contributed by atoms with Gasteiger partial charge >= 0.3 is 0 Å². The zero-order chi connectivity index (χ0) is 17.2. The lowest BCUT2D eigenvalue weighted by molar-refractivity contribution is 0.415. The number of rotatable bonds is 5. The van der Waals surface area contributed by atoms with Crippen molar-refractivity contribution >= 4 is 34.8 Å². The molecule has 1 aliphatic carbocycles. The maximum absolute atomic E-state index is 6.32. The summed E-state index contributed by atoms with van der Waals surface area (Å²) in [4.78, 5) is 4.49. The van der Waals surface area contributed by atoms with Crippen LogP contribution in [0.2, 0.25) is 10.0 Å². The number of nitrogens with two attached hydrogens (primary N) is 1. The van der Waals surface area contributed by atoms with E-state index in [9.17, 15) is 0 Å². The summed E-state index contributed by atoms with van der Waals surface area (Å²) >= 11 is 12.4. The van der Waals surface area contributed by atoms with Crippen LogP contribution in [0.3, 0.4) is 0 Å². The highest BCUT2D eigenvalue weighted by Crippen LogP contribution is 2.50. The number of ether oxygens (including phenoxy) is 1. The number of halogens is 2. The van der Waals surface area contributed by atoms with Gasteiger partial charge in [0.1, 0.15) is 5.75 Å². The zero-order valence-electron chi connectivity index (χ0n) is 13.4. The molecule has 6 heteroatoms. The van der Waals surface area contributed by atoms with Gasteiger partial charge in [-0.25, -0.2) is 0 Å². The van der Waals surface area contributed by atoms with E-state index in [2.05, 4.69) is 16.4 Å². The fourth-order valence-corrected chi connectivity index (χ4v) is 3.32. The van der Waals surface area contributed by atoms with Crippen molar-refractivity contribution in [3.8, 4) is 5.75 Å². The van der Waals surface area contributed by atoms with E-state index in [1.807, 2.05) is 24.3 Å². The van der Waals surface area contributed by atoms with Crippen LogP contribution in [0.25, 0.3) is 0 Å². The molecule has 0 aromatic heterocycles. The topological polar surface area (TPSA) is 59.6 Å². The Morgan fingerprint density at radius 3 is 2.58 bits per heavy atom. The minimum atomic E-state index is 0.0161. The normalized spacial score (nSPS) is 15.9. The molecule has 24 heavy (non-hydrogen) atoms. The number of guanidine groups is 1. The first-order valence-electron chi connectivity index (χ1n) is 7.69. The SMILES string of the molecule is COc1ccc(NC(N)=NCC2(c3ccccc3Cl)CC2)cc1Cl. The van der Waals surface area contributed by atoms with E-state index in [1.54, 1.807) is 19.2 Å². The summed E-state index contributed by atoms with van der Waals surface area (Å²) in [6.07, 6.45) is 2.14. The van der Waals surface area contributed by atoms with Crippen LogP contribution >= 0.6 is 23.2 Å². The molecule has 0 aliphatic heterocycles. The monoisotopic (exact) mass is 363 g/mol. The fraction of sp³-hybridized carbons (Fsp3) is 0.278. The smallest absolute Gasteiger partial charge is 0.193 e. The number of benzene rings is 2. The Kier molecular flexibility index (Phi) is 4.88. The lowest BCUT2D eigenvalue weighted by Gasteiger charge is -2.15. The summed E-state index contributed by atoms with van der Waals surface area (Å²) < 4.78 is 5.13. The molecule has 2 aromatic rings. The molecular formula is C18H19Cl2N3O. The second-order valence-corrected chi connectivity index (χ2v) is 6.75. The molecule has 0 radical (unpaired) electrons. The van der Waals surface area contributed by atoms with Crippen LogP contribution in [0.15, 0.2) is 47.5 Å². The molecule has 1 aliphatic rings. The first-order valence-corrected chi connectivity index (χ1v) is 8.45. The number of nitrogens with zero attached hydrogens (tertiary/aromatic N) is 1. The van der Waals surface area contributed by atoms with Crippen LogP contribution in [0.5, 0.6) is 5.75 Å². The van der Waals surface area contributed by atoms with Gasteiger partial charge in [-0.3, -0.25) is 4.99 Å². The van der Waals surface area contributed by atoms with Gasteiger partial charge in [-0.05, 0) is 42.7 Å². The largest absolute Gasteiger partial charge is 0.495 e. The van der Waals surface area contributed by atoms with Crippen molar-refractivity contribution in [1.82, 2.24) is 0 Å². The average molecular weight is 364 g/mol. The highest BCUT2D eigenvalue weighted by molar-refractivity contribution is 6.32. The third-order valence-corrected chi connectivity index (χ3v) is 4.90. The Morgan fingerprint density at radius 2 is 1.96 bits per heavy atom. The summed E-state index contributed by atoms with van der Waals surface area (Å²) in [5, 5.41) is 4.36. The molecule has 0 atom stereocenters. The van der Waals surface area contributed by atoms with Crippen molar-refractivity contribution in [1.29, 1.82) is 0 Å². The molecule has 4 nitrogen and oxygen atoms in total. The third kappa shape index (κ3) is 3.60. The second-order valence-electron chi connectivity index (χ2n) is 5.94. The van der Waals surface area contributed by atoms with Gasteiger partial charge in [-0.2, -0.15) is 0 Å². The van der Waals surface area contributed by atoms with Crippen LogP contribution in [0.1, 0.15) is 18.4 Å². The summed E-state index contributed by atoms with van der Waals surface area (Å²) in [5.41, 5.74) is 7.94. The first kappa shape index (κ1) is 16.9. The van der Waals surface area contributed by atoms with Crippen LogP contribution in [0.4, 0.5) is 5.69 Å². The minimum absolute atomic E-state index is 0.0161. The standard InChI is InChI=1S/C18H19Cl2N3O/c1-24-16-7-6-12(10-15(16)20)23-17(21)22-11-18(8-9-18)13-4-2-3-5-14(13)19/h2-7,10H,8-9,11H2,1H3,(H3,21,22,23). The second kappa shape index (κ2) is 6.91. The first-order chi connectivity index (χ1) is 11.5. The van der Waals surface area contributed by atoms with Crippen LogP contribution in [0, 0.1) is 0 Å². The number of methoxy groups -OCH3 is 1. The summed E-state index contributed by atoms with van der Waals surface area (Å²) in [6, 6.07) is 13.3. The number of anilines is 1. The molecule has 3 N–H and O–H groups in total. The van der Waals surface area contributed by atoms with E-state index in [1.165, 1.54) is 0 Å². The Bertz CT molecular complexity index is 773. The van der Waals surface area contributed by atoms with Gasteiger partial charge < -0.3 is 15.8 Å². The van der Waals surface area contributed by atoms with Gasteiger partial charge in [0.05, 0.1) is 18.7 Å². The van der Waals surface area contributed by atoms with Gasteiger partial charge in [-0.15, -0.1) is 0 Å². The summed E-state index contributed by atoms with van der Waals surface area (Å²) in [7, 11) is 1.58. The molecule has 0 unspecified atom stereocenters. The Morgan fingerprint density at radius 1 is 1.21 bits per heavy atom. The molecule has 3 rings (SSSR count). The Hall–Kier alpha value is -1.91. The number of aliphatic imine (C=N–C) groups is 1. The van der Waals surface area contributed by atoms with Crippen LogP contribution < -0.4 is 15.8 Å². The summed E-state index contributed by atoms with van der Waals surface area (Å²) in [5.74, 6) is 0.975. The van der Waals surface area contributed by atoms with E-state index in [0.717, 1.165) is 29.1 Å². The van der Waals surface area contributed by atoms with E-state index in [-0.39, 0.29) is 5.41 Å². The maximum Gasteiger partial charge on any atom is 0.193 e. The molecule has 1 saturated carbocycles. The predicted molar refractivity (Wildman–Crippen MR) is 100 cm³/mol. The predicted octanol–water partition coefficient (Wildman–Crippen LogP) is 4.46. The van der Waals surface area contributed by atoms with Crippen LogP contribution in [-0.2, 0) is 5.41 Å². The van der Waals surface area contributed by atoms with E-state index in [4.69, 9.17) is 33.7 Å². The van der Waals surface area contributed by atoms with Crippen molar-refractivity contribution in [3.05, 3.63) is 58.1 Å². The molecule has 126 valence electrons. The fourth-order valence-electron chi connectivity index (χ4n) is 2.72. The quantitative estimate of drug-likeness (QED) is 0.608. The van der Waals surface area contributed by atoms with Gasteiger partial charge in [0.15, 0.2) is 5.96 Å². The molecule has 1 fully saturated rings. The third-order valence-electron chi connectivity index (χ3n) is 4.28. The van der Waals surface area contributed by atoms with Crippen molar-refractivity contribution in [2.75, 3.05) is 19.0 Å². The van der Waals surface area contributed by atoms with Gasteiger partial charge in [0.25, 0.3) is 0 Å². The summed E-state index contributed by atoms with van der Waals surface area (Å²) in [6.45, 7) is 0.611. The molecule has 0 heterocycles. The Labute approximate surface area is 151 Å². The van der Waals surface area contributed by atoms with Crippen molar-refractivity contribution in [2.24, 2.45) is 10.7 Å². The number of nitrogens with one attached hydrogen (secondary N) is 1. The lowest BCUT2D eigenvalue weighted by atomic mass is 9.96. The average Bonchev–Trinajstić information content (AvgIpc) is 3.35. The number of hydrogen-bond acceptors (Lipinski definition) is 2. The van der Waals surface area contributed by atoms with Gasteiger partial charge in [-0.1, -0.05) is 41.4 Å². The highest BCUT2D eigenvalue weighted by Gasteiger charge is 2.45. The number of hydrogen-bond donors (Lipinski definition) is 2. The maximum atomic E-state index is 6.32. The highest BCUT2D eigenvalue weighted by atomic mass is 35.5. The lowest BCUT2D eigenvalue weighted by Crippen LogP contribution is -2.25. The molecule has 0 spiro atoms. The minimum Gasteiger partial charge on any atom is -0.495 e. The van der Waals surface area contributed by atoms with Crippen molar-refractivity contribution in [2.45, 2.75) is 18.3 Å².